The molecule has 0 bridgehead atoms. The normalized spacial score (nSPS) is 11.2. The summed E-state index contributed by atoms with van der Waals surface area (Å²) in [5, 5.41) is 0. The van der Waals surface area contributed by atoms with Crippen molar-refractivity contribution in [2.45, 2.75) is 18.0 Å². The number of nitrogens with zero attached hydrogens (tertiary/aromatic N) is 2. The van der Waals surface area contributed by atoms with Gasteiger partial charge in [0, 0.05) is 38.1 Å². The van der Waals surface area contributed by atoms with Crippen molar-refractivity contribution in [3.63, 3.8) is 0 Å². The van der Waals surface area contributed by atoms with E-state index in [4.69, 9.17) is 0 Å². The number of hydrogen-bond donors (Lipinski definition) is 1. The molecule has 144 valence electrons. The third kappa shape index (κ3) is 5.03. The quantitative estimate of drug-likeness (QED) is 0.667. The van der Waals surface area contributed by atoms with Crippen LogP contribution in [-0.2, 0) is 23.1 Å². The van der Waals surface area contributed by atoms with Gasteiger partial charge in [-0.15, -0.1) is 0 Å². The lowest BCUT2D eigenvalue weighted by molar-refractivity contribution is 0.0785. The predicted octanol–water partition coefficient (Wildman–Crippen LogP) is 2.83. The van der Waals surface area contributed by atoms with Crippen LogP contribution in [0.3, 0.4) is 0 Å². The molecule has 0 saturated heterocycles. The summed E-state index contributed by atoms with van der Waals surface area (Å²) >= 11 is 0. The van der Waals surface area contributed by atoms with E-state index < -0.39 is 10.0 Å². The second kappa shape index (κ2) is 8.77. The Hall–Kier alpha value is -3.03. The fourth-order valence-corrected chi connectivity index (χ4v) is 3.71. The van der Waals surface area contributed by atoms with E-state index in [1.165, 1.54) is 24.3 Å². The summed E-state index contributed by atoms with van der Waals surface area (Å²) in [5.74, 6) is -0.169. The number of rotatable bonds is 7. The van der Waals surface area contributed by atoms with E-state index in [9.17, 15) is 13.2 Å². The number of carbonyl (C=O) groups excluding carboxylic acids is 1. The lowest BCUT2D eigenvalue weighted by Gasteiger charge is -2.17. The molecule has 0 saturated carbocycles. The molecule has 6 nitrogen and oxygen atoms in total. The van der Waals surface area contributed by atoms with E-state index in [2.05, 4.69) is 9.71 Å². The highest BCUT2D eigenvalue weighted by atomic mass is 32.2. The highest BCUT2D eigenvalue weighted by Crippen LogP contribution is 2.14. The van der Waals surface area contributed by atoms with Crippen LogP contribution in [0.4, 0.5) is 0 Å². The van der Waals surface area contributed by atoms with Crippen LogP contribution >= 0.6 is 0 Å². The molecule has 0 aliphatic carbocycles. The van der Waals surface area contributed by atoms with Gasteiger partial charge in [-0.2, -0.15) is 0 Å². The number of hydrogen-bond acceptors (Lipinski definition) is 4. The number of carbonyl (C=O) groups is 1. The van der Waals surface area contributed by atoms with Crippen molar-refractivity contribution in [1.82, 2.24) is 14.6 Å². The summed E-state index contributed by atoms with van der Waals surface area (Å²) in [6.45, 7) is 0.651. The fourth-order valence-electron chi connectivity index (χ4n) is 2.69. The van der Waals surface area contributed by atoms with Crippen molar-refractivity contribution in [2.75, 3.05) is 7.05 Å². The van der Waals surface area contributed by atoms with Crippen molar-refractivity contribution in [1.29, 1.82) is 0 Å². The lowest BCUT2D eigenvalue weighted by atomic mass is 10.1. The van der Waals surface area contributed by atoms with Crippen LogP contribution in [0.1, 0.15) is 21.5 Å². The summed E-state index contributed by atoms with van der Waals surface area (Å²) < 4.78 is 27.4. The average Bonchev–Trinajstić information content (AvgIpc) is 2.73. The van der Waals surface area contributed by atoms with Gasteiger partial charge in [-0.3, -0.25) is 9.78 Å². The fraction of sp³-hybridized carbons (Fsp3) is 0.143. The van der Waals surface area contributed by atoms with Crippen molar-refractivity contribution in [3.8, 4) is 0 Å². The second-order valence-electron chi connectivity index (χ2n) is 6.35. The van der Waals surface area contributed by atoms with Crippen LogP contribution in [0.15, 0.2) is 84.0 Å². The Balaban J connectivity index is 1.65. The topological polar surface area (TPSA) is 79.4 Å². The number of aromatic nitrogens is 1. The molecular formula is C21H21N3O3S. The first-order valence-corrected chi connectivity index (χ1v) is 10.2. The maximum Gasteiger partial charge on any atom is 0.253 e. The van der Waals surface area contributed by atoms with Gasteiger partial charge in [0.15, 0.2) is 0 Å². The standard InChI is InChI=1S/C21H21N3O3S/c1-24(16-18-5-3-2-4-6-18)21(25)19-7-9-20(10-8-19)28(26,27)23-15-17-11-13-22-14-12-17/h2-14,23H,15-16H2,1H3. The number of benzene rings is 2. The molecule has 1 heterocycles. The summed E-state index contributed by atoms with van der Waals surface area (Å²) in [6, 6.07) is 19.1. The highest BCUT2D eigenvalue weighted by Gasteiger charge is 2.16. The van der Waals surface area contributed by atoms with Crippen LogP contribution in [0.5, 0.6) is 0 Å². The first-order valence-electron chi connectivity index (χ1n) is 8.74. The number of sulfonamides is 1. The van der Waals surface area contributed by atoms with E-state index in [1.807, 2.05) is 30.3 Å². The zero-order valence-electron chi connectivity index (χ0n) is 15.4. The smallest absolute Gasteiger partial charge is 0.253 e. The summed E-state index contributed by atoms with van der Waals surface area (Å²) in [4.78, 5) is 18.2. The minimum atomic E-state index is -3.67. The molecule has 0 radical (unpaired) electrons. The van der Waals surface area contributed by atoms with Gasteiger partial charge in [-0.1, -0.05) is 30.3 Å². The molecule has 1 aromatic heterocycles. The van der Waals surface area contributed by atoms with Gasteiger partial charge < -0.3 is 4.90 Å². The Morgan fingerprint density at radius 2 is 1.57 bits per heavy atom. The van der Waals surface area contributed by atoms with Gasteiger partial charge in [0.2, 0.25) is 10.0 Å². The van der Waals surface area contributed by atoms with Crippen LogP contribution in [0.25, 0.3) is 0 Å². The summed E-state index contributed by atoms with van der Waals surface area (Å²) in [7, 11) is -1.95. The largest absolute Gasteiger partial charge is 0.337 e. The third-order valence-corrected chi connectivity index (χ3v) is 5.65. The van der Waals surface area contributed by atoms with Gasteiger partial charge in [0.25, 0.3) is 5.91 Å². The molecular weight excluding hydrogens is 374 g/mol. The number of pyridine rings is 1. The average molecular weight is 395 g/mol. The van der Waals surface area contributed by atoms with Gasteiger partial charge >= 0.3 is 0 Å². The van der Waals surface area contributed by atoms with Gasteiger partial charge in [-0.05, 0) is 47.5 Å². The summed E-state index contributed by atoms with van der Waals surface area (Å²) in [5.41, 5.74) is 2.28. The van der Waals surface area contributed by atoms with E-state index in [-0.39, 0.29) is 17.3 Å². The second-order valence-corrected chi connectivity index (χ2v) is 8.12. The zero-order valence-corrected chi connectivity index (χ0v) is 16.3. The SMILES string of the molecule is CN(Cc1ccccc1)C(=O)c1ccc(S(=O)(=O)NCc2ccncc2)cc1. The molecule has 2 aromatic carbocycles. The maximum absolute atomic E-state index is 12.6. The van der Waals surface area contributed by atoms with Crippen molar-refractivity contribution in [2.24, 2.45) is 0 Å². The molecule has 0 spiro atoms. The molecule has 3 aromatic rings. The maximum atomic E-state index is 12.6. The van der Waals surface area contributed by atoms with E-state index in [0.717, 1.165) is 11.1 Å². The Kier molecular flexibility index (Phi) is 6.18. The highest BCUT2D eigenvalue weighted by molar-refractivity contribution is 7.89. The molecule has 0 atom stereocenters. The van der Waals surface area contributed by atoms with E-state index in [0.29, 0.717) is 12.1 Å². The van der Waals surface area contributed by atoms with Crippen LogP contribution in [0.2, 0.25) is 0 Å². The summed E-state index contributed by atoms with van der Waals surface area (Å²) in [6.07, 6.45) is 3.21. The van der Waals surface area contributed by atoms with E-state index >= 15 is 0 Å². The number of nitrogens with one attached hydrogen (secondary N) is 1. The molecule has 3 rings (SSSR count). The minimum Gasteiger partial charge on any atom is -0.337 e. The monoisotopic (exact) mass is 395 g/mol. The molecule has 0 fully saturated rings. The lowest BCUT2D eigenvalue weighted by Crippen LogP contribution is -2.26. The van der Waals surface area contributed by atoms with Gasteiger partial charge in [0.05, 0.1) is 4.90 Å². The van der Waals surface area contributed by atoms with Crippen LogP contribution in [0, 0.1) is 0 Å². The number of amides is 1. The molecule has 1 amide bonds. The Morgan fingerprint density at radius 3 is 2.21 bits per heavy atom. The molecule has 0 aliphatic rings. The zero-order chi connectivity index (χ0) is 20.0. The minimum absolute atomic E-state index is 0.115. The van der Waals surface area contributed by atoms with Gasteiger partial charge in [0.1, 0.15) is 0 Å². The molecule has 7 heteroatoms. The van der Waals surface area contributed by atoms with Crippen molar-refractivity contribution in [3.05, 3.63) is 95.8 Å². The van der Waals surface area contributed by atoms with E-state index in [1.54, 1.807) is 36.5 Å². The molecule has 28 heavy (non-hydrogen) atoms. The van der Waals surface area contributed by atoms with Crippen molar-refractivity contribution < 1.29 is 13.2 Å². The van der Waals surface area contributed by atoms with Gasteiger partial charge in [-0.25, -0.2) is 13.1 Å². The Morgan fingerprint density at radius 1 is 0.929 bits per heavy atom. The molecule has 1 N–H and O–H groups in total. The van der Waals surface area contributed by atoms with Crippen molar-refractivity contribution >= 4 is 15.9 Å². The predicted molar refractivity (Wildman–Crippen MR) is 107 cm³/mol. The Labute approximate surface area is 164 Å². The molecule has 0 unspecified atom stereocenters. The van der Waals surface area contributed by atoms with Crippen LogP contribution in [-0.4, -0.2) is 31.3 Å². The first-order chi connectivity index (χ1) is 13.5. The molecule has 0 aliphatic heterocycles. The Bertz CT molecular complexity index is 1020. The first kappa shape index (κ1) is 19.7. The van der Waals surface area contributed by atoms with Crippen LogP contribution < -0.4 is 4.72 Å². The third-order valence-electron chi connectivity index (χ3n) is 4.24.